The summed E-state index contributed by atoms with van der Waals surface area (Å²) >= 11 is 0. The average molecular weight is 390 g/mol. The molecule has 0 aliphatic rings. The van der Waals surface area contributed by atoms with Crippen molar-refractivity contribution in [3.05, 3.63) is 35.9 Å². The van der Waals surface area contributed by atoms with Gasteiger partial charge in [-0.1, -0.05) is 39.0 Å². The second-order valence-corrected chi connectivity index (χ2v) is 12.9. The molecule has 0 aliphatic carbocycles. The molecule has 1 unspecified atom stereocenters. The van der Waals surface area contributed by atoms with Crippen LogP contribution in [0.25, 0.3) is 0 Å². The van der Waals surface area contributed by atoms with Gasteiger partial charge in [-0.2, -0.15) is 0 Å². The highest BCUT2D eigenvalue weighted by Gasteiger charge is 2.38. The third kappa shape index (κ3) is 8.64. The first-order chi connectivity index (χ1) is 12.7. The highest BCUT2D eigenvalue weighted by atomic mass is 28.4. The Bertz CT molecular complexity index is 626. The maximum Gasteiger partial charge on any atom is 0.251 e. The van der Waals surface area contributed by atoms with E-state index in [0.29, 0.717) is 18.7 Å². The molecule has 1 atom stereocenters. The standard InChI is InChI=1S/C22H35NO3Si/c1-7-25-18-16-20(26-27(5,6)22(2,3)4)15-11-12-17-23-21(24)19-13-9-8-10-14-19/h8-10,13-14,20H,7,11-12,15,17H2,1-6H3,(H,23,24). The van der Waals surface area contributed by atoms with Crippen LogP contribution >= 0.6 is 0 Å². The zero-order valence-electron chi connectivity index (χ0n) is 17.7. The first-order valence-electron chi connectivity index (χ1n) is 9.81. The van der Waals surface area contributed by atoms with Gasteiger partial charge in [-0.3, -0.25) is 4.79 Å². The van der Waals surface area contributed by atoms with Crippen LogP contribution in [0.4, 0.5) is 0 Å². The van der Waals surface area contributed by atoms with Crippen molar-refractivity contribution in [2.45, 2.75) is 71.2 Å². The number of nitrogens with one attached hydrogen (secondary N) is 1. The summed E-state index contributed by atoms with van der Waals surface area (Å²) in [5, 5.41) is 3.11. The van der Waals surface area contributed by atoms with E-state index in [-0.39, 0.29) is 17.0 Å². The molecule has 0 bridgehead atoms. The zero-order valence-corrected chi connectivity index (χ0v) is 18.7. The molecule has 4 nitrogen and oxygen atoms in total. The molecule has 1 N–H and O–H groups in total. The van der Waals surface area contributed by atoms with E-state index in [1.165, 1.54) is 0 Å². The molecule has 150 valence electrons. The molecule has 0 saturated carbocycles. The van der Waals surface area contributed by atoms with Gasteiger partial charge < -0.3 is 14.5 Å². The van der Waals surface area contributed by atoms with Gasteiger partial charge in [0, 0.05) is 12.1 Å². The monoisotopic (exact) mass is 389 g/mol. The number of carbonyl (C=O) groups excluding carboxylic acids is 1. The molecule has 0 aliphatic heterocycles. The fraction of sp³-hybridized carbons (Fsp3) is 0.591. The van der Waals surface area contributed by atoms with Crippen LogP contribution in [0.2, 0.25) is 18.1 Å². The van der Waals surface area contributed by atoms with E-state index in [9.17, 15) is 4.79 Å². The van der Waals surface area contributed by atoms with Crippen molar-refractivity contribution >= 4 is 14.2 Å². The van der Waals surface area contributed by atoms with Gasteiger partial charge in [0.25, 0.3) is 5.91 Å². The summed E-state index contributed by atoms with van der Waals surface area (Å²) in [5.74, 6) is 3.10. The number of hydrogen-bond acceptors (Lipinski definition) is 3. The number of rotatable bonds is 9. The van der Waals surface area contributed by atoms with Gasteiger partial charge in [-0.05, 0) is 62.4 Å². The lowest BCUT2D eigenvalue weighted by Gasteiger charge is -2.38. The summed E-state index contributed by atoms with van der Waals surface area (Å²) in [6, 6.07) is 9.29. The first kappa shape index (κ1) is 23.3. The van der Waals surface area contributed by atoms with Crippen LogP contribution in [-0.4, -0.2) is 33.5 Å². The summed E-state index contributed by atoms with van der Waals surface area (Å²) in [4.78, 5) is 12.0. The summed E-state index contributed by atoms with van der Waals surface area (Å²) in [6.45, 7) is 14.3. The second-order valence-electron chi connectivity index (χ2n) is 8.16. The molecule has 0 heterocycles. The molecule has 27 heavy (non-hydrogen) atoms. The Balaban J connectivity index is 2.47. The Kier molecular flexibility index (Phi) is 9.61. The van der Waals surface area contributed by atoms with E-state index in [0.717, 1.165) is 19.3 Å². The van der Waals surface area contributed by atoms with Crippen molar-refractivity contribution in [2.75, 3.05) is 13.2 Å². The van der Waals surface area contributed by atoms with Crippen LogP contribution in [0.15, 0.2) is 30.3 Å². The molecule has 0 radical (unpaired) electrons. The lowest BCUT2D eigenvalue weighted by molar-refractivity contribution is 0.0952. The first-order valence-corrected chi connectivity index (χ1v) is 12.7. The fourth-order valence-electron chi connectivity index (χ4n) is 2.22. The average Bonchev–Trinajstić information content (AvgIpc) is 2.60. The molecule has 1 rings (SSSR count). The number of hydrogen-bond donors (Lipinski definition) is 1. The van der Waals surface area contributed by atoms with E-state index in [1.54, 1.807) is 0 Å². The number of ether oxygens (including phenoxy) is 1. The highest BCUT2D eigenvalue weighted by molar-refractivity contribution is 6.74. The summed E-state index contributed by atoms with van der Waals surface area (Å²) in [6.07, 6.45) is 5.32. The molecular weight excluding hydrogens is 354 g/mol. The van der Waals surface area contributed by atoms with E-state index in [1.807, 2.05) is 37.3 Å². The molecular formula is C22H35NO3Si. The summed E-state index contributed by atoms with van der Waals surface area (Å²) < 4.78 is 11.6. The molecule has 0 saturated heterocycles. The van der Waals surface area contributed by atoms with E-state index >= 15 is 0 Å². The van der Waals surface area contributed by atoms with Gasteiger partial charge in [-0.25, -0.2) is 0 Å². The Morgan fingerprint density at radius 2 is 1.85 bits per heavy atom. The van der Waals surface area contributed by atoms with E-state index in [4.69, 9.17) is 9.16 Å². The molecule has 0 aromatic heterocycles. The van der Waals surface area contributed by atoms with Crippen molar-refractivity contribution in [1.82, 2.24) is 5.32 Å². The van der Waals surface area contributed by atoms with Crippen LogP contribution in [-0.2, 0) is 9.16 Å². The molecule has 1 aromatic carbocycles. The van der Waals surface area contributed by atoms with Gasteiger partial charge in [0.1, 0.15) is 12.2 Å². The minimum absolute atomic E-state index is 0.0270. The second kappa shape index (κ2) is 11.2. The predicted molar refractivity (Wildman–Crippen MR) is 114 cm³/mol. The maximum atomic E-state index is 12.0. The Morgan fingerprint density at radius 1 is 1.19 bits per heavy atom. The number of benzene rings is 1. The molecule has 1 aromatic rings. The number of amides is 1. The number of unbranched alkanes of at least 4 members (excludes halogenated alkanes) is 1. The van der Waals surface area contributed by atoms with Crippen LogP contribution in [0.5, 0.6) is 0 Å². The smallest absolute Gasteiger partial charge is 0.251 e. The lowest BCUT2D eigenvalue weighted by atomic mass is 10.1. The van der Waals surface area contributed by atoms with Crippen LogP contribution in [0.3, 0.4) is 0 Å². The van der Waals surface area contributed by atoms with Crippen molar-refractivity contribution in [2.24, 2.45) is 0 Å². The van der Waals surface area contributed by atoms with Gasteiger partial charge in [0.2, 0.25) is 0 Å². The Morgan fingerprint density at radius 3 is 2.44 bits per heavy atom. The fourth-order valence-corrected chi connectivity index (χ4v) is 3.46. The van der Waals surface area contributed by atoms with Crippen molar-refractivity contribution in [3.8, 4) is 12.0 Å². The Hall–Kier alpha value is -1.77. The molecule has 1 amide bonds. The van der Waals surface area contributed by atoms with Crippen molar-refractivity contribution in [1.29, 1.82) is 0 Å². The molecule has 0 fully saturated rings. The summed E-state index contributed by atoms with van der Waals surface area (Å²) in [7, 11) is -1.89. The molecule has 5 heteroatoms. The highest BCUT2D eigenvalue weighted by Crippen LogP contribution is 2.37. The van der Waals surface area contributed by atoms with Gasteiger partial charge in [0.05, 0.1) is 6.61 Å². The van der Waals surface area contributed by atoms with Crippen molar-refractivity contribution < 1.29 is 14.0 Å². The van der Waals surface area contributed by atoms with Crippen LogP contribution in [0, 0.1) is 12.0 Å². The van der Waals surface area contributed by atoms with Crippen molar-refractivity contribution in [3.63, 3.8) is 0 Å². The van der Waals surface area contributed by atoms with Gasteiger partial charge in [-0.15, -0.1) is 0 Å². The third-order valence-electron chi connectivity index (χ3n) is 4.89. The SMILES string of the molecule is CCOC#CC(CCCCNC(=O)c1ccccc1)O[Si](C)(C)C(C)(C)C. The van der Waals surface area contributed by atoms with E-state index < -0.39 is 8.32 Å². The van der Waals surface area contributed by atoms with Gasteiger partial charge in [0.15, 0.2) is 8.32 Å². The summed E-state index contributed by atoms with van der Waals surface area (Å²) in [5.41, 5.74) is 0.694. The third-order valence-corrected chi connectivity index (χ3v) is 9.38. The topological polar surface area (TPSA) is 47.6 Å². The normalized spacial score (nSPS) is 12.7. The maximum absolute atomic E-state index is 12.0. The lowest BCUT2D eigenvalue weighted by Crippen LogP contribution is -2.43. The quantitative estimate of drug-likeness (QED) is 0.368. The van der Waals surface area contributed by atoms with Gasteiger partial charge >= 0.3 is 0 Å². The zero-order chi connectivity index (χ0) is 20.3. The van der Waals surface area contributed by atoms with E-state index in [2.05, 4.69) is 51.2 Å². The molecule has 0 spiro atoms. The largest absolute Gasteiger partial charge is 0.447 e. The predicted octanol–water partition coefficient (Wildman–Crippen LogP) is 4.97. The minimum atomic E-state index is -1.89. The van der Waals surface area contributed by atoms with Crippen LogP contribution in [0.1, 0.15) is 57.3 Å². The minimum Gasteiger partial charge on any atom is -0.447 e. The number of carbonyl (C=O) groups is 1. The Labute approximate surface area is 166 Å². The van der Waals surface area contributed by atoms with Crippen LogP contribution < -0.4 is 5.32 Å².